The van der Waals surface area contributed by atoms with Crippen molar-refractivity contribution >= 4 is 34.9 Å². The molecule has 0 unspecified atom stereocenters. The molecule has 0 aliphatic rings. The third kappa shape index (κ3) is 4.02. The molecule has 2 rings (SSSR count). The van der Waals surface area contributed by atoms with Gasteiger partial charge in [0.2, 0.25) is 0 Å². The lowest BCUT2D eigenvalue weighted by Crippen LogP contribution is -2.22. The van der Waals surface area contributed by atoms with Crippen LogP contribution in [0.3, 0.4) is 0 Å². The summed E-state index contributed by atoms with van der Waals surface area (Å²) in [5.74, 6) is -1.31. The Labute approximate surface area is 144 Å². The number of halogens is 1. The Morgan fingerprint density at radius 1 is 1.29 bits per heavy atom. The first-order valence-electron chi connectivity index (χ1n) is 7.19. The number of aryl methyl sites for hydroxylation is 1. The van der Waals surface area contributed by atoms with Gasteiger partial charge in [0.25, 0.3) is 5.91 Å². The topological polar surface area (TPSA) is 77.4 Å². The van der Waals surface area contributed by atoms with Crippen molar-refractivity contribution in [2.24, 2.45) is 7.05 Å². The number of amides is 1. The van der Waals surface area contributed by atoms with Gasteiger partial charge in [-0.25, -0.2) is 4.79 Å². The molecule has 1 heterocycles. The number of nitrogens with one attached hydrogen (secondary N) is 1. The number of carbonyl (C=O) groups is 3. The lowest BCUT2D eigenvalue weighted by atomic mass is 10.2. The minimum atomic E-state index is -0.678. The molecule has 1 aromatic heterocycles. The molecular weight excluding hydrogens is 332 g/mol. The van der Waals surface area contributed by atoms with Gasteiger partial charge in [0, 0.05) is 29.5 Å². The van der Waals surface area contributed by atoms with Gasteiger partial charge >= 0.3 is 5.97 Å². The van der Waals surface area contributed by atoms with E-state index in [1.807, 2.05) is 0 Å². The van der Waals surface area contributed by atoms with Gasteiger partial charge < -0.3 is 14.6 Å². The van der Waals surface area contributed by atoms with Gasteiger partial charge in [-0.3, -0.25) is 9.59 Å². The smallest absolute Gasteiger partial charge is 0.355 e. The Morgan fingerprint density at radius 3 is 2.62 bits per heavy atom. The minimum absolute atomic E-state index is 0.154. The van der Waals surface area contributed by atoms with Crippen molar-refractivity contribution in [3.05, 3.63) is 52.3 Å². The van der Waals surface area contributed by atoms with Gasteiger partial charge in [0.15, 0.2) is 12.4 Å². The summed E-state index contributed by atoms with van der Waals surface area (Å²) in [4.78, 5) is 35.3. The number of esters is 1. The molecule has 1 aromatic carbocycles. The predicted octanol–water partition coefficient (Wildman–Crippen LogP) is 2.99. The zero-order valence-electron chi connectivity index (χ0n) is 13.6. The molecule has 1 N–H and O–H groups in total. The van der Waals surface area contributed by atoms with Crippen molar-refractivity contribution in [3.8, 4) is 0 Å². The normalized spacial score (nSPS) is 10.3. The van der Waals surface area contributed by atoms with E-state index in [9.17, 15) is 14.4 Å². The quantitative estimate of drug-likeness (QED) is 0.665. The maximum absolute atomic E-state index is 12.0. The molecular formula is C17H17ClN2O4. The van der Waals surface area contributed by atoms with Crippen LogP contribution >= 0.6 is 11.6 Å². The summed E-state index contributed by atoms with van der Waals surface area (Å²) in [5, 5.41) is 3.17. The Bertz CT molecular complexity index is 811. The number of anilines is 1. The molecule has 0 aliphatic carbocycles. The van der Waals surface area contributed by atoms with Crippen LogP contribution in [0.1, 0.15) is 33.3 Å². The van der Waals surface area contributed by atoms with Crippen molar-refractivity contribution in [1.82, 2.24) is 4.57 Å². The maximum atomic E-state index is 12.0. The van der Waals surface area contributed by atoms with E-state index in [4.69, 9.17) is 16.3 Å². The van der Waals surface area contributed by atoms with E-state index in [0.29, 0.717) is 16.3 Å². The predicted molar refractivity (Wildman–Crippen MR) is 90.5 cm³/mol. The third-order valence-electron chi connectivity index (χ3n) is 3.50. The lowest BCUT2D eigenvalue weighted by Gasteiger charge is -2.10. The molecule has 0 radical (unpaired) electrons. The Morgan fingerprint density at radius 2 is 2.00 bits per heavy atom. The van der Waals surface area contributed by atoms with Crippen LogP contribution in [-0.2, 0) is 16.6 Å². The monoisotopic (exact) mass is 348 g/mol. The van der Waals surface area contributed by atoms with E-state index in [1.165, 1.54) is 23.8 Å². The fourth-order valence-electron chi connectivity index (χ4n) is 2.09. The summed E-state index contributed by atoms with van der Waals surface area (Å²) in [5.41, 5.74) is 1.89. The molecule has 1 amide bonds. The molecule has 0 aliphatic heterocycles. The van der Waals surface area contributed by atoms with Crippen LogP contribution < -0.4 is 5.32 Å². The SMILES string of the molecule is CC(=O)c1cc(C(=O)OCC(=O)Nc2cccc(Cl)c2C)n(C)c1. The van der Waals surface area contributed by atoms with Crippen molar-refractivity contribution in [2.75, 3.05) is 11.9 Å². The second-order valence-corrected chi connectivity index (χ2v) is 5.73. The highest BCUT2D eigenvalue weighted by atomic mass is 35.5. The minimum Gasteiger partial charge on any atom is -0.451 e. The van der Waals surface area contributed by atoms with Gasteiger partial charge in [-0.2, -0.15) is 0 Å². The molecule has 7 heteroatoms. The number of hydrogen-bond donors (Lipinski definition) is 1. The fourth-order valence-corrected chi connectivity index (χ4v) is 2.27. The summed E-state index contributed by atoms with van der Waals surface area (Å²) >= 11 is 5.98. The van der Waals surface area contributed by atoms with Crippen LogP contribution in [0.4, 0.5) is 5.69 Å². The van der Waals surface area contributed by atoms with E-state index < -0.39 is 18.5 Å². The molecule has 0 saturated carbocycles. The van der Waals surface area contributed by atoms with E-state index in [1.54, 1.807) is 32.2 Å². The van der Waals surface area contributed by atoms with Crippen LogP contribution in [0.5, 0.6) is 0 Å². The van der Waals surface area contributed by atoms with Gasteiger partial charge in [0.05, 0.1) is 0 Å². The summed E-state index contributed by atoms with van der Waals surface area (Å²) < 4.78 is 6.47. The number of ketones is 1. The number of ether oxygens (including phenoxy) is 1. The first kappa shape index (κ1) is 17.7. The Balaban J connectivity index is 1.97. The molecule has 0 saturated heterocycles. The van der Waals surface area contributed by atoms with Gasteiger partial charge in [0.1, 0.15) is 5.69 Å². The Kier molecular flexibility index (Phi) is 5.41. The average molecular weight is 349 g/mol. The Hall–Kier alpha value is -2.60. The number of carbonyl (C=O) groups excluding carboxylic acids is 3. The molecule has 126 valence electrons. The molecule has 6 nitrogen and oxygen atoms in total. The van der Waals surface area contributed by atoms with E-state index in [-0.39, 0.29) is 11.5 Å². The summed E-state index contributed by atoms with van der Waals surface area (Å²) in [6.45, 7) is 2.74. The van der Waals surface area contributed by atoms with Crippen molar-refractivity contribution in [3.63, 3.8) is 0 Å². The molecule has 0 bridgehead atoms. The molecule has 0 spiro atoms. The van der Waals surface area contributed by atoms with Crippen molar-refractivity contribution < 1.29 is 19.1 Å². The number of hydrogen-bond acceptors (Lipinski definition) is 4. The summed E-state index contributed by atoms with van der Waals surface area (Å²) in [7, 11) is 1.62. The number of rotatable bonds is 5. The zero-order chi connectivity index (χ0) is 17.9. The average Bonchev–Trinajstić information content (AvgIpc) is 2.92. The molecule has 0 atom stereocenters. The van der Waals surface area contributed by atoms with Gasteiger partial charge in [-0.05, 0) is 37.6 Å². The highest BCUT2D eigenvalue weighted by molar-refractivity contribution is 6.31. The van der Waals surface area contributed by atoms with Crippen LogP contribution in [0.2, 0.25) is 5.02 Å². The number of benzene rings is 1. The van der Waals surface area contributed by atoms with Gasteiger partial charge in [-0.15, -0.1) is 0 Å². The van der Waals surface area contributed by atoms with Crippen LogP contribution in [0.15, 0.2) is 30.5 Å². The number of aromatic nitrogens is 1. The second-order valence-electron chi connectivity index (χ2n) is 5.32. The van der Waals surface area contributed by atoms with Gasteiger partial charge in [-0.1, -0.05) is 17.7 Å². The van der Waals surface area contributed by atoms with Crippen LogP contribution in [-0.4, -0.2) is 28.8 Å². The van der Waals surface area contributed by atoms with E-state index >= 15 is 0 Å². The highest BCUT2D eigenvalue weighted by Crippen LogP contribution is 2.22. The lowest BCUT2D eigenvalue weighted by molar-refractivity contribution is -0.119. The van der Waals surface area contributed by atoms with Crippen LogP contribution in [0, 0.1) is 6.92 Å². The molecule has 2 aromatic rings. The highest BCUT2D eigenvalue weighted by Gasteiger charge is 2.16. The van der Waals surface area contributed by atoms with Crippen LogP contribution in [0.25, 0.3) is 0 Å². The molecule has 24 heavy (non-hydrogen) atoms. The van der Waals surface area contributed by atoms with E-state index in [0.717, 1.165) is 5.56 Å². The third-order valence-corrected chi connectivity index (χ3v) is 3.91. The van der Waals surface area contributed by atoms with E-state index in [2.05, 4.69) is 5.32 Å². The standard InChI is InChI=1S/C17H17ClN2O4/c1-10-13(18)5-4-6-14(10)19-16(22)9-24-17(23)15-7-12(11(2)21)8-20(15)3/h4-8H,9H2,1-3H3,(H,19,22). The maximum Gasteiger partial charge on any atom is 0.355 e. The fraction of sp³-hybridized carbons (Fsp3) is 0.235. The summed E-state index contributed by atoms with van der Waals surface area (Å²) in [6, 6.07) is 6.57. The zero-order valence-corrected chi connectivity index (χ0v) is 14.3. The summed E-state index contributed by atoms with van der Waals surface area (Å²) in [6.07, 6.45) is 1.54. The van der Waals surface area contributed by atoms with Crippen molar-refractivity contribution in [1.29, 1.82) is 0 Å². The number of Topliss-reactive ketones (excluding diaryl/α,β-unsaturated/α-hetero) is 1. The first-order chi connectivity index (χ1) is 11.3. The van der Waals surface area contributed by atoms with Crippen molar-refractivity contribution in [2.45, 2.75) is 13.8 Å². The second kappa shape index (κ2) is 7.31. The molecule has 0 fully saturated rings. The first-order valence-corrected chi connectivity index (χ1v) is 7.56. The largest absolute Gasteiger partial charge is 0.451 e. The number of nitrogens with zero attached hydrogens (tertiary/aromatic N) is 1.